The Kier molecular flexibility index (Phi) is 4.07. The van der Waals surface area contributed by atoms with E-state index in [1.165, 1.54) is 38.0 Å². The SMILES string of the molecule is C=C(/C=C/C(C)C)N1CCCCC1. The highest BCUT2D eigenvalue weighted by atomic mass is 15.1. The van der Waals surface area contributed by atoms with Gasteiger partial charge in [0.15, 0.2) is 0 Å². The first-order valence-corrected chi connectivity index (χ1v) is 5.32. The fourth-order valence-corrected chi connectivity index (χ4v) is 1.59. The van der Waals surface area contributed by atoms with Crippen LogP contribution >= 0.6 is 0 Å². The van der Waals surface area contributed by atoms with Crippen molar-refractivity contribution < 1.29 is 0 Å². The molecule has 1 fully saturated rings. The Balaban J connectivity index is 2.37. The van der Waals surface area contributed by atoms with Gasteiger partial charge in [-0.25, -0.2) is 0 Å². The molecule has 0 aromatic heterocycles. The summed E-state index contributed by atoms with van der Waals surface area (Å²) in [5, 5.41) is 0. The first kappa shape index (κ1) is 10.4. The Bertz CT molecular complexity index is 185. The van der Waals surface area contributed by atoms with E-state index < -0.39 is 0 Å². The number of hydrogen-bond donors (Lipinski definition) is 0. The Morgan fingerprint density at radius 1 is 1.23 bits per heavy atom. The van der Waals surface area contributed by atoms with Gasteiger partial charge >= 0.3 is 0 Å². The van der Waals surface area contributed by atoms with E-state index in [-0.39, 0.29) is 0 Å². The Morgan fingerprint density at radius 3 is 2.38 bits per heavy atom. The van der Waals surface area contributed by atoms with Gasteiger partial charge in [-0.15, -0.1) is 0 Å². The van der Waals surface area contributed by atoms with Gasteiger partial charge < -0.3 is 4.90 Å². The van der Waals surface area contributed by atoms with Gasteiger partial charge in [-0.05, 0) is 31.3 Å². The van der Waals surface area contributed by atoms with Crippen molar-refractivity contribution in [3.8, 4) is 0 Å². The van der Waals surface area contributed by atoms with Crippen LogP contribution < -0.4 is 0 Å². The molecule has 0 spiro atoms. The highest BCUT2D eigenvalue weighted by molar-refractivity contribution is 5.14. The van der Waals surface area contributed by atoms with Crippen LogP contribution in [0.15, 0.2) is 24.4 Å². The maximum Gasteiger partial charge on any atom is 0.0290 e. The van der Waals surface area contributed by atoms with Crippen LogP contribution in [0.25, 0.3) is 0 Å². The summed E-state index contributed by atoms with van der Waals surface area (Å²) in [5.41, 5.74) is 1.19. The second-order valence-electron chi connectivity index (χ2n) is 4.14. The molecule has 1 aliphatic heterocycles. The molecule has 1 rings (SSSR count). The maximum absolute atomic E-state index is 4.09. The van der Waals surface area contributed by atoms with Crippen LogP contribution in [-0.2, 0) is 0 Å². The molecule has 0 N–H and O–H groups in total. The smallest absolute Gasteiger partial charge is 0.0290 e. The van der Waals surface area contributed by atoms with Gasteiger partial charge in [-0.3, -0.25) is 0 Å². The average molecular weight is 179 g/mol. The normalized spacial score (nSPS) is 18.5. The predicted octanol–water partition coefficient (Wildman–Crippen LogP) is 3.20. The second-order valence-corrected chi connectivity index (χ2v) is 4.14. The van der Waals surface area contributed by atoms with Crippen LogP contribution in [0.5, 0.6) is 0 Å². The molecule has 0 aromatic carbocycles. The van der Waals surface area contributed by atoms with Gasteiger partial charge in [0.05, 0.1) is 0 Å². The molecule has 1 saturated heterocycles. The standard InChI is InChI=1S/C12H21N/c1-11(2)7-8-12(3)13-9-5-4-6-10-13/h7-8,11H,3-6,9-10H2,1-2H3/b8-7+. The van der Waals surface area contributed by atoms with E-state index in [0.717, 1.165) is 0 Å². The molecule has 1 aliphatic rings. The van der Waals surface area contributed by atoms with Crippen molar-refractivity contribution in [2.75, 3.05) is 13.1 Å². The Hall–Kier alpha value is -0.720. The van der Waals surface area contributed by atoms with Crippen LogP contribution in [0.2, 0.25) is 0 Å². The lowest BCUT2D eigenvalue weighted by molar-refractivity contribution is 0.294. The number of rotatable bonds is 3. The molecule has 0 atom stereocenters. The van der Waals surface area contributed by atoms with Crippen molar-refractivity contribution in [3.63, 3.8) is 0 Å². The predicted molar refractivity (Wildman–Crippen MR) is 58.5 cm³/mol. The molecule has 0 radical (unpaired) electrons. The van der Waals surface area contributed by atoms with Gasteiger partial charge in [0.1, 0.15) is 0 Å². The summed E-state index contributed by atoms with van der Waals surface area (Å²) in [6, 6.07) is 0. The van der Waals surface area contributed by atoms with Crippen LogP contribution in [0.1, 0.15) is 33.1 Å². The summed E-state index contributed by atoms with van der Waals surface area (Å²) in [6.45, 7) is 10.9. The average Bonchev–Trinajstić information content (AvgIpc) is 2.15. The molecule has 1 nitrogen and oxygen atoms in total. The molecule has 0 unspecified atom stereocenters. The highest BCUT2D eigenvalue weighted by Crippen LogP contribution is 2.14. The van der Waals surface area contributed by atoms with E-state index >= 15 is 0 Å². The molecule has 0 aliphatic carbocycles. The van der Waals surface area contributed by atoms with Gasteiger partial charge in [-0.2, -0.15) is 0 Å². The van der Waals surface area contributed by atoms with Crippen LogP contribution in [0.4, 0.5) is 0 Å². The molecular weight excluding hydrogens is 158 g/mol. The van der Waals surface area contributed by atoms with Crippen molar-refractivity contribution >= 4 is 0 Å². The lowest BCUT2D eigenvalue weighted by Crippen LogP contribution is -2.27. The zero-order valence-electron chi connectivity index (χ0n) is 8.92. The van der Waals surface area contributed by atoms with Gasteiger partial charge in [0.25, 0.3) is 0 Å². The van der Waals surface area contributed by atoms with E-state index in [4.69, 9.17) is 0 Å². The van der Waals surface area contributed by atoms with E-state index in [9.17, 15) is 0 Å². The first-order chi connectivity index (χ1) is 6.20. The Labute approximate surface area is 82.1 Å². The molecule has 0 amide bonds. The van der Waals surface area contributed by atoms with Gasteiger partial charge in [0, 0.05) is 18.8 Å². The second kappa shape index (κ2) is 5.11. The van der Waals surface area contributed by atoms with Crippen LogP contribution in [0.3, 0.4) is 0 Å². The number of allylic oxidation sites excluding steroid dienone is 2. The molecular formula is C12H21N. The lowest BCUT2D eigenvalue weighted by Gasteiger charge is -2.29. The van der Waals surface area contributed by atoms with Crippen LogP contribution in [-0.4, -0.2) is 18.0 Å². The summed E-state index contributed by atoms with van der Waals surface area (Å²) in [5.74, 6) is 0.626. The molecule has 0 aromatic rings. The highest BCUT2D eigenvalue weighted by Gasteiger charge is 2.09. The van der Waals surface area contributed by atoms with Crippen LogP contribution in [0, 0.1) is 5.92 Å². The van der Waals surface area contributed by atoms with E-state index in [0.29, 0.717) is 5.92 Å². The van der Waals surface area contributed by atoms with E-state index in [2.05, 4.69) is 37.5 Å². The van der Waals surface area contributed by atoms with Crippen molar-refractivity contribution in [1.82, 2.24) is 4.90 Å². The van der Waals surface area contributed by atoms with Crippen molar-refractivity contribution in [2.24, 2.45) is 5.92 Å². The quantitative estimate of drug-likeness (QED) is 0.601. The maximum atomic E-state index is 4.09. The third-order valence-electron chi connectivity index (χ3n) is 2.44. The first-order valence-electron chi connectivity index (χ1n) is 5.32. The summed E-state index contributed by atoms with van der Waals surface area (Å²) in [6.07, 6.45) is 8.42. The van der Waals surface area contributed by atoms with E-state index in [1.807, 2.05) is 0 Å². The third kappa shape index (κ3) is 3.67. The fraction of sp³-hybridized carbons (Fsp3) is 0.667. The molecule has 0 saturated carbocycles. The minimum Gasteiger partial charge on any atom is -0.372 e. The number of likely N-dealkylation sites (tertiary alicyclic amines) is 1. The fourth-order valence-electron chi connectivity index (χ4n) is 1.59. The van der Waals surface area contributed by atoms with Crippen molar-refractivity contribution in [2.45, 2.75) is 33.1 Å². The minimum atomic E-state index is 0.626. The lowest BCUT2D eigenvalue weighted by atomic mass is 10.1. The van der Waals surface area contributed by atoms with Gasteiger partial charge in [-0.1, -0.05) is 26.5 Å². The minimum absolute atomic E-state index is 0.626. The van der Waals surface area contributed by atoms with Crippen molar-refractivity contribution in [1.29, 1.82) is 0 Å². The summed E-state index contributed by atoms with van der Waals surface area (Å²) >= 11 is 0. The van der Waals surface area contributed by atoms with E-state index in [1.54, 1.807) is 0 Å². The molecule has 0 bridgehead atoms. The molecule has 13 heavy (non-hydrogen) atoms. The third-order valence-corrected chi connectivity index (χ3v) is 2.44. The number of piperidine rings is 1. The summed E-state index contributed by atoms with van der Waals surface area (Å²) in [7, 11) is 0. The topological polar surface area (TPSA) is 3.24 Å². The number of hydrogen-bond acceptors (Lipinski definition) is 1. The van der Waals surface area contributed by atoms with Gasteiger partial charge in [0.2, 0.25) is 0 Å². The zero-order chi connectivity index (χ0) is 9.68. The molecule has 1 heteroatoms. The summed E-state index contributed by atoms with van der Waals surface area (Å²) < 4.78 is 0. The largest absolute Gasteiger partial charge is 0.372 e. The molecule has 74 valence electrons. The molecule has 1 heterocycles. The van der Waals surface area contributed by atoms with Crippen molar-refractivity contribution in [3.05, 3.63) is 24.4 Å². The number of nitrogens with zero attached hydrogens (tertiary/aromatic N) is 1. The zero-order valence-corrected chi connectivity index (χ0v) is 8.92. The Morgan fingerprint density at radius 2 is 1.85 bits per heavy atom. The summed E-state index contributed by atoms with van der Waals surface area (Å²) in [4.78, 5) is 2.39. The monoisotopic (exact) mass is 179 g/mol.